The number of carbonyl (C=O) groups is 1. The number of halogens is 7. The van der Waals surface area contributed by atoms with E-state index < -0.39 is 37.0 Å². The second-order valence-corrected chi connectivity index (χ2v) is 6.03. The standard InChI is InChI=1S/C13H17F6N5OS.HI/c1-20-11(22-5-10(25)24(2)7-12(14,15)16)21-4-3-9-23-8(6-26-9)13(17,18)19;/h6H,3-5,7H2,1-2H3,(H2,20,21,22);1H. The van der Waals surface area contributed by atoms with Crippen molar-refractivity contribution in [2.45, 2.75) is 18.8 Å². The third-order valence-electron chi connectivity index (χ3n) is 2.95. The molecule has 0 aromatic carbocycles. The summed E-state index contributed by atoms with van der Waals surface area (Å²) in [5.41, 5.74) is -0.960. The molecule has 0 aliphatic heterocycles. The maximum Gasteiger partial charge on any atom is 0.434 e. The topological polar surface area (TPSA) is 69.6 Å². The summed E-state index contributed by atoms with van der Waals surface area (Å²) in [6.07, 6.45) is -8.81. The van der Waals surface area contributed by atoms with E-state index in [4.69, 9.17) is 0 Å². The SMILES string of the molecule is CN=C(NCCc1nc(C(F)(F)F)cs1)NCC(=O)N(C)CC(F)(F)F.I. The molecule has 27 heavy (non-hydrogen) atoms. The average molecular weight is 533 g/mol. The lowest BCUT2D eigenvalue weighted by Crippen LogP contribution is -2.45. The van der Waals surface area contributed by atoms with Crippen LogP contribution in [-0.4, -0.2) is 61.7 Å². The smallest absolute Gasteiger partial charge is 0.356 e. The molecule has 2 N–H and O–H groups in total. The third-order valence-corrected chi connectivity index (χ3v) is 3.85. The molecule has 0 saturated carbocycles. The van der Waals surface area contributed by atoms with Gasteiger partial charge >= 0.3 is 12.4 Å². The zero-order chi connectivity index (χ0) is 20.0. The van der Waals surface area contributed by atoms with Crippen LogP contribution in [0.25, 0.3) is 0 Å². The number of hydrogen-bond donors (Lipinski definition) is 2. The second kappa shape index (κ2) is 10.9. The van der Waals surface area contributed by atoms with Gasteiger partial charge in [-0.1, -0.05) is 0 Å². The number of guanidine groups is 1. The number of carbonyl (C=O) groups excluding carboxylic acids is 1. The Bertz CT molecular complexity index is 633. The summed E-state index contributed by atoms with van der Waals surface area (Å²) in [5, 5.41) is 6.45. The molecule has 0 spiro atoms. The van der Waals surface area contributed by atoms with Gasteiger partial charge in [-0.25, -0.2) is 4.98 Å². The van der Waals surface area contributed by atoms with E-state index in [1.54, 1.807) is 0 Å². The minimum atomic E-state index is -4.50. The number of nitrogens with zero attached hydrogens (tertiary/aromatic N) is 3. The van der Waals surface area contributed by atoms with Crippen LogP contribution in [0, 0.1) is 0 Å². The fraction of sp³-hybridized carbons (Fsp3) is 0.615. The van der Waals surface area contributed by atoms with E-state index in [9.17, 15) is 31.1 Å². The molecular formula is C13H18F6IN5OS. The van der Waals surface area contributed by atoms with Gasteiger partial charge in [-0.3, -0.25) is 9.79 Å². The molecule has 156 valence electrons. The molecule has 0 radical (unpaired) electrons. The molecule has 1 rings (SSSR count). The molecule has 0 aliphatic rings. The lowest BCUT2D eigenvalue weighted by molar-refractivity contribution is -0.157. The molecule has 14 heteroatoms. The summed E-state index contributed by atoms with van der Waals surface area (Å²) in [6.45, 7) is -1.61. The first-order valence-electron chi connectivity index (χ1n) is 7.19. The van der Waals surface area contributed by atoms with Gasteiger partial charge in [0.15, 0.2) is 11.7 Å². The number of thiazole rings is 1. The minimum Gasteiger partial charge on any atom is -0.356 e. The molecule has 0 fully saturated rings. The van der Waals surface area contributed by atoms with Gasteiger partial charge in [0, 0.05) is 32.4 Å². The predicted octanol–water partition coefficient (Wildman–Crippen LogP) is 2.51. The van der Waals surface area contributed by atoms with Gasteiger partial charge in [0.1, 0.15) is 6.54 Å². The Kier molecular flexibility index (Phi) is 10.3. The number of rotatable bonds is 6. The van der Waals surface area contributed by atoms with Crippen molar-refractivity contribution in [1.82, 2.24) is 20.5 Å². The zero-order valence-corrected chi connectivity index (χ0v) is 17.4. The molecule has 1 aromatic heterocycles. The normalized spacial score (nSPS) is 12.4. The van der Waals surface area contributed by atoms with Crippen LogP contribution in [0.1, 0.15) is 10.7 Å². The maximum absolute atomic E-state index is 12.4. The summed E-state index contributed by atoms with van der Waals surface area (Å²) in [6, 6.07) is 0. The van der Waals surface area contributed by atoms with Gasteiger partial charge < -0.3 is 15.5 Å². The Labute approximate surface area is 172 Å². The Balaban J connectivity index is 0.00000676. The average Bonchev–Trinajstić information content (AvgIpc) is 2.97. The van der Waals surface area contributed by atoms with Gasteiger partial charge in [-0.15, -0.1) is 35.3 Å². The van der Waals surface area contributed by atoms with Crippen molar-refractivity contribution in [3.63, 3.8) is 0 Å². The van der Waals surface area contributed by atoms with E-state index in [1.807, 2.05) is 0 Å². The molecule has 0 unspecified atom stereocenters. The molecule has 1 heterocycles. The molecule has 6 nitrogen and oxygen atoms in total. The highest BCUT2D eigenvalue weighted by Crippen LogP contribution is 2.29. The first kappa shape index (κ1) is 25.7. The largest absolute Gasteiger partial charge is 0.434 e. The van der Waals surface area contributed by atoms with E-state index in [0.717, 1.165) is 23.8 Å². The van der Waals surface area contributed by atoms with Crippen molar-refractivity contribution < 1.29 is 31.1 Å². The van der Waals surface area contributed by atoms with Crippen LogP contribution < -0.4 is 10.6 Å². The number of likely N-dealkylation sites (N-methyl/N-ethyl adjacent to an activating group) is 1. The van der Waals surface area contributed by atoms with Crippen molar-refractivity contribution in [2.24, 2.45) is 4.99 Å². The molecule has 1 aromatic rings. The summed E-state index contributed by atoms with van der Waals surface area (Å²) < 4.78 is 74.0. The molecule has 0 bridgehead atoms. The van der Waals surface area contributed by atoms with Crippen LogP contribution in [0.15, 0.2) is 10.4 Å². The summed E-state index contributed by atoms with van der Waals surface area (Å²) >= 11 is 0.864. The van der Waals surface area contributed by atoms with E-state index in [2.05, 4.69) is 20.6 Å². The van der Waals surface area contributed by atoms with Crippen molar-refractivity contribution in [3.05, 3.63) is 16.1 Å². The third kappa shape index (κ3) is 9.97. The molecular weight excluding hydrogens is 515 g/mol. The number of aromatic nitrogens is 1. The van der Waals surface area contributed by atoms with E-state index in [-0.39, 0.29) is 47.9 Å². The Morgan fingerprint density at radius 1 is 1.26 bits per heavy atom. The summed E-state index contributed by atoms with van der Waals surface area (Å²) in [4.78, 5) is 19.4. The van der Waals surface area contributed by atoms with Crippen LogP contribution >= 0.6 is 35.3 Å². The summed E-state index contributed by atoms with van der Waals surface area (Å²) in [5.74, 6) is -0.661. The first-order valence-corrected chi connectivity index (χ1v) is 8.07. The number of nitrogens with one attached hydrogen (secondary N) is 2. The van der Waals surface area contributed by atoms with Crippen LogP contribution in [0.2, 0.25) is 0 Å². The number of amides is 1. The highest BCUT2D eigenvalue weighted by molar-refractivity contribution is 14.0. The Hall–Kier alpha value is -1.32. The van der Waals surface area contributed by atoms with Gasteiger partial charge in [-0.05, 0) is 0 Å². The fourth-order valence-electron chi connectivity index (χ4n) is 1.72. The number of hydrogen-bond acceptors (Lipinski definition) is 4. The van der Waals surface area contributed by atoms with Gasteiger partial charge in [-0.2, -0.15) is 26.3 Å². The highest BCUT2D eigenvalue weighted by atomic mass is 127. The molecule has 0 aliphatic carbocycles. The lowest BCUT2D eigenvalue weighted by atomic mass is 10.4. The number of alkyl halides is 6. The van der Waals surface area contributed by atoms with Crippen molar-refractivity contribution in [2.75, 3.05) is 33.7 Å². The van der Waals surface area contributed by atoms with E-state index >= 15 is 0 Å². The van der Waals surface area contributed by atoms with Crippen molar-refractivity contribution >= 4 is 47.2 Å². The monoisotopic (exact) mass is 533 g/mol. The molecule has 0 saturated heterocycles. The van der Waals surface area contributed by atoms with Gasteiger partial charge in [0.2, 0.25) is 5.91 Å². The van der Waals surface area contributed by atoms with Crippen LogP contribution in [0.4, 0.5) is 26.3 Å². The van der Waals surface area contributed by atoms with Crippen LogP contribution in [-0.2, 0) is 17.4 Å². The first-order chi connectivity index (χ1) is 11.9. The summed E-state index contributed by atoms with van der Waals surface area (Å²) in [7, 11) is 2.40. The highest BCUT2D eigenvalue weighted by Gasteiger charge is 2.33. The van der Waals surface area contributed by atoms with Crippen LogP contribution in [0.3, 0.4) is 0 Å². The maximum atomic E-state index is 12.4. The quantitative estimate of drug-likeness (QED) is 0.256. The Morgan fingerprint density at radius 3 is 2.37 bits per heavy atom. The zero-order valence-electron chi connectivity index (χ0n) is 14.2. The second-order valence-electron chi connectivity index (χ2n) is 5.09. The van der Waals surface area contributed by atoms with Crippen LogP contribution in [0.5, 0.6) is 0 Å². The van der Waals surface area contributed by atoms with Gasteiger partial charge in [0.05, 0.1) is 11.6 Å². The number of aliphatic imine (C=N–C) groups is 1. The van der Waals surface area contributed by atoms with Crippen molar-refractivity contribution in [3.8, 4) is 0 Å². The predicted molar refractivity (Wildman–Crippen MR) is 99.3 cm³/mol. The van der Waals surface area contributed by atoms with Crippen molar-refractivity contribution in [1.29, 1.82) is 0 Å². The van der Waals surface area contributed by atoms with Gasteiger partial charge in [0.25, 0.3) is 0 Å². The molecule has 0 atom stereocenters. The lowest BCUT2D eigenvalue weighted by Gasteiger charge is -2.19. The minimum absolute atomic E-state index is 0. The van der Waals surface area contributed by atoms with E-state index in [1.165, 1.54) is 7.05 Å². The fourth-order valence-corrected chi connectivity index (χ4v) is 2.52. The molecule has 1 amide bonds. The van der Waals surface area contributed by atoms with E-state index in [0.29, 0.717) is 4.90 Å². The Morgan fingerprint density at radius 2 is 1.89 bits per heavy atom.